The molecule has 0 bridgehead atoms. The zero-order chi connectivity index (χ0) is 11.7. The number of aliphatic hydroxyl groups is 2. The third-order valence-corrected chi connectivity index (χ3v) is 1.61. The fourth-order valence-electron chi connectivity index (χ4n) is 0.895. The van der Waals surface area contributed by atoms with Gasteiger partial charge in [0.05, 0.1) is 13.2 Å². The Balaban J connectivity index is 4.11. The van der Waals surface area contributed by atoms with Crippen LogP contribution in [0.2, 0.25) is 0 Å². The SMILES string of the molecule is C=CCOC(O)(CCC(N)O)OCC=C. The summed E-state index contributed by atoms with van der Waals surface area (Å²) in [6, 6.07) is 0. The van der Waals surface area contributed by atoms with Crippen LogP contribution in [0.3, 0.4) is 0 Å². The van der Waals surface area contributed by atoms with E-state index < -0.39 is 12.2 Å². The number of rotatable bonds is 9. The molecule has 0 aliphatic heterocycles. The molecule has 0 saturated heterocycles. The predicted octanol–water partition coefficient (Wildman–Crippen LogP) is 0.0950. The first kappa shape index (κ1) is 14.3. The van der Waals surface area contributed by atoms with Crippen LogP contribution in [0.15, 0.2) is 25.3 Å². The predicted molar refractivity (Wildman–Crippen MR) is 56.7 cm³/mol. The van der Waals surface area contributed by atoms with Gasteiger partial charge in [-0.2, -0.15) is 0 Å². The van der Waals surface area contributed by atoms with E-state index in [1.165, 1.54) is 12.2 Å². The average Bonchev–Trinajstić information content (AvgIpc) is 2.21. The molecule has 0 aromatic rings. The maximum atomic E-state index is 9.82. The van der Waals surface area contributed by atoms with E-state index in [9.17, 15) is 5.11 Å². The number of aliphatic hydroxyl groups excluding tert-OH is 1. The topological polar surface area (TPSA) is 84.9 Å². The lowest BCUT2D eigenvalue weighted by Crippen LogP contribution is -2.38. The highest BCUT2D eigenvalue weighted by Crippen LogP contribution is 2.17. The molecule has 0 amide bonds. The van der Waals surface area contributed by atoms with Gasteiger partial charge in [0.15, 0.2) is 0 Å². The van der Waals surface area contributed by atoms with Crippen LogP contribution in [0.5, 0.6) is 0 Å². The van der Waals surface area contributed by atoms with Gasteiger partial charge in [0, 0.05) is 6.42 Å². The maximum Gasteiger partial charge on any atom is 0.281 e. The van der Waals surface area contributed by atoms with Gasteiger partial charge >= 0.3 is 0 Å². The summed E-state index contributed by atoms with van der Waals surface area (Å²) >= 11 is 0. The van der Waals surface area contributed by atoms with E-state index in [1.54, 1.807) is 0 Å². The maximum absolute atomic E-state index is 9.82. The number of nitrogens with two attached hydrogens (primary N) is 1. The van der Waals surface area contributed by atoms with Crippen molar-refractivity contribution in [2.75, 3.05) is 13.2 Å². The highest BCUT2D eigenvalue weighted by molar-refractivity contribution is 4.70. The molecular weight excluding hydrogens is 198 g/mol. The summed E-state index contributed by atoms with van der Waals surface area (Å²) in [5, 5.41) is 18.7. The largest absolute Gasteiger partial charge is 0.379 e. The third kappa shape index (κ3) is 7.24. The molecule has 0 aromatic carbocycles. The molecule has 0 saturated carbocycles. The molecule has 5 nitrogen and oxygen atoms in total. The van der Waals surface area contributed by atoms with Gasteiger partial charge in [-0.05, 0) is 6.42 Å². The number of ether oxygens (including phenoxy) is 2. The minimum absolute atomic E-state index is 0.0757. The Labute approximate surface area is 89.8 Å². The van der Waals surface area contributed by atoms with E-state index in [0.29, 0.717) is 0 Å². The van der Waals surface area contributed by atoms with Crippen molar-refractivity contribution in [1.82, 2.24) is 0 Å². The lowest BCUT2D eigenvalue weighted by molar-refractivity contribution is -0.357. The molecule has 88 valence electrons. The van der Waals surface area contributed by atoms with Crippen LogP contribution in [0.4, 0.5) is 0 Å². The van der Waals surface area contributed by atoms with Crippen molar-refractivity contribution in [3.63, 3.8) is 0 Å². The van der Waals surface area contributed by atoms with Crippen molar-refractivity contribution in [1.29, 1.82) is 0 Å². The molecule has 0 rings (SSSR count). The van der Waals surface area contributed by atoms with E-state index in [1.807, 2.05) is 0 Å². The molecule has 0 heterocycles. The van der Waals surface area contributed by atoms with E-state index in [-0.39, 0.29) is 26.1 Å². The highest BCUT2D eigenvalue weighted by Gasteiger charge is 2.28. The Morgan fingerprint density at radius 2 is 1.73 bits per heavy atom. The van der Waals surface area contributed by atoms with Crippen molar-refractivity contribution < 1.29 is 19.7 Å². The first-order chi connectivity index (χ1) is 7.04. The zero-order valence-electron chi connectivity index (χ0n) is 8.76. The molecule has 1 atom stereocenters. The molecule has 0 aliphatic carbocycles. The van der Waals surface area contributed by atoms with E-state index in [0.717, 1.165) is 0 Å². The first-order valence-electron chi connectivity index (χ1n) is 4.70. The smallest absolute Gasteiger partial charge is 0.281 e. The molecule has 0 radical (unpaired) electrons. The second-order valence-electron chi connectivity index (χ2n) is 3.02. The van der Waals surface area contributed by atoms with Crippen LogP contribution < -0.4 is 5.73 Å². The standard InChI is InChI=1S/C10H19NO4/c1-3-7-14-10(13,15-8-4-2)6-5-9(11)12/h3-4,9,12-13H,1-2,5-8,11H2. The summed E-state index contributed by atoms with van der Waals surface area (Å²) in [4.78, 5) is 0. The molecular formula is C10H19NO4. The Bertz CT molecular complexity index is 182. The minimum atomic E-state index is -1.75. The summed E-state index contributed by atoms with van der Waals surface area (Å²) in [6.45, 7) is 7.20. The molecule has 4 N–H and O–H groups in total. The van der Waals surface area contributed by atoms with Gasteiger partial charge < -0.3 is 25.4 Å². The molecule has 0 spiro atoms. The molecule has 15 heavy (non-hydrogen) atoms. The van der Waals surface area contributed by atoms with Crippen molar-refractivity contribution >= 4 is 0 Å². The Kier molecular flexibility index (Phi) is 7.19. The zero-order valence-corrected chi connectivity index (χ0v) is 8.76. The van der Waals surface area contributed by atoms with E-state index >= 15 is 0 Å². The van der Waals surface area contributed by atoms with Gasteiger partial charge in [0.1, 0.15) is 6.23 Å². The third-order valence-electron chi connectivity index (χ3n) is 1.61. The van der Waals surface area contributed by atoms with E-state index in [4.69, 9.17) is 20.3 Å². The summed E-state index contributed by atoms with van der Waals surface area (Å²) in [7, 11) is 0. The van der Waals surface area contributed by atoms with Gasteiger partial charge in [-0.25, -0.2) is 0 Å². The minimum Gasteiger partial charge on any atom is -0.379 e. The van der Waals surface area contributed by atoms with Gasteiger partial charge in [-0.1, -0.05) is 12.2 Å². The lowest BCUT2D eigenvalue weighted by atomic mass is 10.2. The summed E-state index contributed by atoms with van der Waals surface area (Å²) in [6.07, 6.45) is 2.22. The summed E-state index contributed by atoms with van der Waals surface area (Å²) in [5.41, 5.74) is 5.15. The number of hydrogen-bond acceptors (Lipinski definition) is 5. The molecule has 0 fully saturated rings. The van der Waals surface area contributed by atoms with Gasteiger partial charge in [0.25, 0.3) is 5.97 Å². The molecule has 0 aromatic heterocycles. The van der Waals surface area contributed by atoms with E-state index in [2.05, 4.69) is 13.2 Å². The lowest BCUT2D eigenvalue weighted by Gasteiger charge is -2.27. The average molecular weight is 217 g/mol. The molecule has 0 aliphatic rings. The highest BCUT2D eigenvalue weighted by atomic mass is 16.8. The van der Waals surface area contributed by atoms with Crippen molar-refractivity contribution in [3.8, 4) is 0 Å². The van der Waals surface area contributed by atoms with Crippen LogP contribution in [0.1, 0.15) is 12.8 Å². The molecule has 5 heteroatoms. The first-order valence-corrected chi connectivity index (χ1v) is 4.70. The van der Waals surface area contributed by atoms with Crippen LogP contribution in [0, 0.1) is 0 Å². The normalized spacial score (nSPS) is 13.5. The van der Waals surface area contributed by atoms with Crippen LogP contribution in [-0.4, -0.2) is 35.6 Å². The van der Waals surface area contributed by atoms with Gasteiger partial charge in [-0.15, -0.1) is 13.2 Å². The van der Waals surface area contributed by atoms with Crippen molar-refractivity contribution in [3.05, 3.63) is 25.3 Å². The Morgan fingerprint density at radius 1 is 1.27 bits per heavy atom. The molecule has 1 unspecified atom stereocenters. The Morgan fingerprint density at radius 3 is 2.07 bits per heavy atom. The van der Waals surface area contributed by atoms with Gasteiger partial charge in [-0.3, -0.25) is 0 Å². The fraction of sp³-hybridized carbons (Fsp3) is 0.600. The second kappa shape index (κ2) is 7.56. The van der Waals surface area contributed by atoms with Crippen molar-refractivity contribution in [2.45, 2.75) is 25.0 Å². The quantitative estimate of drug-likeness (QED) is 0.376. The fourth-order valence-corrected chi connectivity index (χ4v) is 0.895. The Hall–Kier alpha value is -0.720. The van der Waals surface area contributed by atoms with Crippen molar-refractivity contribution in [2.24, 2.45) is 5.73 Å². The second-order valence-corrected chi connectivity index (χ2v) is 3.02. The summed E-state index contributed by atoms with van der Waals surface area (Å²) in [5.74, 6) is -1.75. The van der Waals surface area contributed by atoms with Gasteiger partial charge in [0.2, 0.25) is 0 Å². The van der Waals surface area contributed by atoms with Crippen LogP contribution >= 0.6 is 0 Å². The number of hydrogen-bond donors (Lipinski definition) is 3. The summed E-state index contributed by atoms with van der Waals surface area (Å²) < 4.78 is 10.1. The van der Waals surface area contributed by atoms with Crippen LogP contribution in [-0.2, 0) is 9.47 Å². The monoisotopic (exact) mass is 217 g/mol. The van der Waals surface area contributed by atoms with Crippen LogP contribution in [0.25, 0.3) is 0 Å².